The van der Waals surface area contributed by atoms with E-state index in [2.05, 4.69) is 5.82 Å². The first kappa shape index (κ1) is 16.4. The molecule has 2 aromatic carbocycles. The number of benzene rings is 2. The van der Waals surface area contributed by atoms with Crippen LogP contribution in [0.5, 0.6) is 17.2 Å². The minimum absolute atomic E-state index is 0.0746. The van der Waals surface area contributed by atoms with E-state index in [1.807, 2.05) is 24.3 Å². The van der Waals surface area contributed by atoms with E-state index in [1.54, 1.807) is 12.1 Å². The Labute approximate surface area is 136 Å². The Morgan fingerprint density at radius 3 is 1.82 bits per heavy atom. The Hall–Kier alpha value is -1.97. The van der Waals surface area contributed by atoms with Crippen LogP contribution in [0.2, 0.25) is 5.82 Å². The third-order valence-corrected chi connectivity index (χ3v) is 4.84. The SMILES string of the molecule is COc1cc(C(=O)c2ccc([Se]C)cc2)cc(OC)c1OC. The fourth-order valence-corrected chi connectivity index (χ4v) is 2.98. The summed E-state index contributed by atoms with van der Waals surface area (Å²) < 4.78 is 17.1. The molecule has 116 valence electrons. The zero-order valence-electron chi connectivity index (χ0n) is 13.0. The Bertz CT molecular complexity index is 640. The average Bonchev–Trinajstić information content (AvgIpc) is 2.59. The molecule has 22 heavy (non-hydrogen) atoms. The molecule has 0 fully saturated rings. The number of carbonyl (C=O) groups excluding carboxylic acids is 1. The van der Waals surface area contributed by atoms with Crippen LogP contribution in [0.1, 0.15) is 15.9 Å². The number of ether oxygens (including phenoxy) is 3. The summed E-state index contributed by atoms with van der Waals surface area (Å²) in [6.45, 7) is 0. The normalized spacial score (nSPS) is 10.2. The fraction of sp³-hybridized carbons (Fsp3) is 0.235. The predicted molar refractivity (Wildman–Crippen MR) is 87.2 cm³/mol. The van der Waals surface area contributed by atoms with Crippen LogP contribution in [0.3, 0.4) is 0 Å². The molecule has 0 spiro atoms. The number of carbonyl (C=O) groups is 1. The molecule has 0 aliphatic heterocycles. The van der Waals surface area contributed by atoms with E-state index in [0.717, 1.165) is 0 Å². The summed E-state index contributed by atoms with van der Waals surface area (Å²) >= 11 is 0.425. The number of hydrogen-bond donors (Lipinski definition) is 0. The van der Waals surface area contributed by atoms with Crippen molar-refractivity contribution in [2.45, 2.75) is 5.82 Å². The Balaban J connectivity index is 2.44. The van der Waals surface area contributed by atoms with E-state index in [1.165, 1.54) is 25.8 Å². The van der Waals surface area contributed by atoms with Crippen LogP contribution in [-0.4, -0.2) is 42.1 Å². The van der Waals surface area contributed by atoms with Gasteiger partial charge in [0.15, 0.2) is 0 Å². The molecule has 0 unspecified atom stereocenters. The molecule has 0 amide bonds. The van der Waals surface area contributed by atoms with Crippen LogP contribution in [0.15, 0.2) is 36.4 Å². The van der Waals surface area contributed by atoms with Gasteiger partial charge in [-0.1, -0.05) is 0 Å². The minimum atomic E-state index is -0.0746. The van der Waals surface area contributed by atoms with Crippen LogP contribution >= 0.6 is 0 Å². The number of rotatable bonds is 6. The van der Waals surface area contributed by atoms with Crippen molar-refractivity contribution in [1.82, 2.24) is 0 Å². The zero-order chi connectivity index (χ0) is 16.1. The van der Waals surface area contributed by atoms with Crippen molar-refractivity contribution in [2.75, 3.05) is 21.3 Å². The second-order valence-corrected chi connectivity index (χ2v) is 6.32. The summed E-state index contributed by atoms with van der Waals surface area (Å²) in [4.78, 5) is 12.6. The van der Waals surface area contributed by atoms with E-state index >= 15 is 0 Å². The van der Waals surface area contributed by atoms with E-state index in [0.29, 0.717) is 43.3 Å². The number of ketones is 1. The van der Waals surface area contributed by atoms with Gasteiger partial charge in [0.1, 0.15) is 0 Å². The molecule has 0 aliphatic rings. The van der Waals surface area contributed by atoms with Gasteiger partial charge in [-0.25, -0.2) is 0 Å². The summed E-state index contributed by atoms with van der Waals surface area (Å²) in [7, 11) is 4.60. The van der Waals surface area contributed by atoms with Gasteiger partial charge in [-0.3, -0.25) is 0 Å². The van der Waals surface area contributed by atoms with Crippen molar-refractivity contribution in [2.24, 2.45) is 0 Å². The molecule has 0 N–H and O–H groups in total. The van der Waals surface area contributed by atoms with Crippen molar-refractivity contribution in [3.05, 3.63) is 47.5 Å². The molecule has 0 atom stereocenters. The summed E-state index contributed by atoms with van der Waals surface area (Å²) in [6.07, 6.45) is 0. The second kappa shape index (κ2) is 7.34. The maximum atomic E-state index is 12.6. The molecule has 4 nitrogen and oxygen atoms in total. The van der Waals surface area contributed by atoms with Crippen molar-refractivity contribution >= 4 is 25.2 Å². The van der Waals surface area contributed by atoms with Gasteiger partial charge in [-0.15, -0.1) is 0 Å². The zero-order valence-corrected chi connectivity index (χ0v) is 14.7. The molecule has 0 radical (unpaired) electrons. The molecule has 0 saturated carbocycles. The molecule has 0 saturated heterocycles. The van der Waals surface area contributed by atoms with E-state index in [4.69, 9.17) is 14.2 Å². The van der Waals surface area contributed by atoms with Crippen molar-refractivity contribution in [3.63, 3.8) is 0 Å². The summed E-state index contributed by atoms with van der Waals surface area (Å²) in [6, 6.07) is 11.0. The molecule has 2 aromatic rings. The third-order valence-electron chi connectivity index (χ3n) is 3.28. The van der Waals surface area contributed by atoms with Gasteiger partial charge in [0.25, 0.3) is 0 Å². The summed E-state index contributed by atoms with van der Waals surface area (Å²) in [5.41, 5.74) is 1.14. The van der Waals surface area contributed by atoms with Gasteiger partial charge in [-0.2, -0.15) is 0 Å². The first-order chi connectivity index (χ1) is 10.6. The number of hydrogen-bond acceptors (Lipinski definition) is 4. The average molecular weight is 365 g/mol. The predicted octanol–water partition coefficient (Wildman–Crippen LogP) is 2.32. The van der Waals surface area contributed by atoms with Gasteiger partial charge in [0.05, 0.1) is 0 Å². The first-order valence-corrected chi connectivity index (χ1v) is 9.20. The van der Waals surface area contributed by atoms with Crippen LogP contribution in [-0.2, 0) is 0 Å². The summed E-state index contributed by atoms with van der Waals surface area (Å²) in [5, 5.41) is 0. The molecule has 2 rings (SSSR count). The molecule has 0 aliphatic carbocycles. The van der Waals surface area contributed by atoms with E-state index < -0.39 is 0 Å². The Morgan fingerprint density at radius 1 is 0.864 bits per heavy atom. The van der Waals surface area contributed by atoms with Crippen molar-refractivity contribution in [1.29, 1.82) is 0 Å². The van der Waals surface area contributed by atoms with E-state index in [-0.39, 0.29) is 5.78 Å². The van der Waals surface area contributed by atoms with Gasteiger partial charge < -0.3 is 0 Å². The maximum absolute atomic E-state index is 12.6. The quantitative estimate of drug-likeness (QED) is 0.582. The van der Waals surface area contributed by atoms with Gasteiger partial charge >= 0.3 is 136 Å². The van der Waals surface area contributed by atoms with Gasteiger partial charge in [0, 0.05) is 0 Å². The molecular weight excluding hydrogens is 347 g/mol. The monoisotopic (exact) mass is 366 g/mol. The van der Waals surface area contributed by atoms with E-state index in [9.17, 15) is 4.79 Å². The second-order valence-electron chi connectivity index (χ2n) is 4.47. The van der Waals surface area contributed by atoms with Crippen molar-refractivity contribution < 1.29 is 19.0 Å². The van der Waals surface area contributed by atoms with Crippen LogP contribution in [0, 0.1) is 0 Å². The molecule has 0 heterocycles. The van der Waals surface area contributed by atoms with Gasteiger partial charge in [-0.05, 0) is 0 Å². The number of methoxy groups -OCH3 is 3. The summed E-state index contributed by atoms with van der Waals surface area (Å²) in [5.74, 6) is 3.49. The van der Waals surface area contributed by atoms with Crippen LogP contribution < -0.4 is 18.7 Å². The van der Waals surface area contributed by atoms with Crippen molar-refractivity contribution in [3.8, 4) is 17.2 Å². The fourth-order valence-electron chi connectivity index (χ4n) is 2.12. The molecular formula is C17H18O4Se. The standard InChI is InChI=1S/C17H18O4Se/c1-19-14-9-12(10-15(20-2)17(14)21-3)16(18)11-5-7-13(22-4)8-6-11/h5-10H,1-4H3. The molecule has 0 bridgehead atoms. The topological polar surface area (TPSA) is 44.8 Å². The van der Waals surface area contributed by atoms with Crippen LogP contribution in [0.25, 0.3) is 0 Å². The van der Waals surface area contributed by atoms with Crippen LogP contribution in [0.4, 0.5) is 0 Å². The molecule has 5 heteroatoms. The Morgan fingerprint density at radius 2 is 1.41 bits per heavy atom. The van der Waals surface area contributed by atoms with Gasteiger partial charge in [0.2, 0.25) is 0 Å². The third kappa shape index (κ3) is 3.26. The molecule has 0 aromatic heterocycles. The Kier molecular flexibility index (Phi) is 5.47. The first-order valence-electron chi connectivity index (χ1n) is 6.63.